The lowest BCUT2D eigenvalue weighted by Crippen LogP contribution is -2.22. The van der Waals surface area contributed by atoms with Gasteiger partial charge in [-0.25, -0.2) is 4.98 Å². The second kappa shape index (κ2) is 6.88. The average molecular weight is 460 g/mol. The van der Waals surface area contributed by atoms with Crippen LogP contribution in [0.3, 0.4) is 0 Å². The summed E-state index contributed by atoms with van der Waals surface area (Å²) >= 11 is 9.51. The topological polar surface area (TPSA) is 51.1 Å². The van der Waals surface area contributed by atoms with E-state index >= 15 is 0 Å². The van der Waals surface area contributed by atoms with Gasteiger partial charge in [0.2, 0.25) is 5.28 Å². The Hall–Kier alpha value is -1.97. The van der Waals surface area contributed by atoms with Crippen LogP contribution in [0.2, 0.25) is 5.28 Å². The van der Waals surface area contributed by atoms with E-state index in [0.29, 0.717) is 31.0 Å². The average Bonchev–Trinajstić information content (AvgIpc) is 2.83. The first-order valence-corrected chi connectivity index (χ1v) is 9.06. The molecular weight excluding hydrogens is 449 g/mol. The van der Waals surface area contributed by atoms with Crippen LogP contribution < -0.4 is 4.90 Å². The number of rotatable bonds is 1. The Labute approximate surface area is 165 Å². The maximum absolute atomic E-state index is 13.0. The van der Waals surface area contributed by atoms with Crippen LogP contribution in [-0.2, 0) is 17.5 Å². The summed E-state index contributed by atoms with van der Waals surface area (Å²) in [5.74, 6) is 0.385. The van der Waals surface area contributed by atoms with Crippen molar-refractivity contribution < 1.29 is 17.9 Å². The molecule has 2 aromatic heterocycles. The fourth-order valence-electron chi connectivity index (χ4n) is 2.95. The standard InChI is InChI=1S/C17H11BrClF3N4O/c18-11-2-1-3-12-10(11)8-27-7-6-26(12)15-9-4-5-13(17(20,21)22)23-14(9)24-16(19)25-15/h1-5H,6-8H2. The summed E-state index contributed by atoms with van der Waals surface area (Å²) in [6.45, 7) is 1.27. The fraction of sp³-hybridized carbons (Fsp3) is 0.235. The minimum absolute atomic E-state index is 0.110. The number of anilines is 2. The summed E-state index contributed by atoms with van der Waals surface area (Å²) < 4.78 is 45.5. The first-order chi connectivity index (χ1) is 12.8. The number of hydrogen-bond acceptors (Lipinski definition) is 5. The fourth-order valence-corrected chi connectivity index (χ4v) is 3.58. The number of benzene rings is 1. The van der Waals surface area contributed by atoms with Crippen molar-refractivity contribution in [3.8, 4) is 0 Å². The molecule has 0 spiro atoms. The van der Waals surface area contributed by atoms with Crippen molar-refractivity contribution in [3.63, 3.8) is 0 Å². The highest BCUT2D eigenvalue weighted by Gasteiger charge is 2.33. The number of ether oxygens (including phenoxy) is 1. The lowest BCUT2D eigenvalue weighted by molar-refractivity contribution is -0.141. The summed E-state index contributed by atoms with van der Waals surface area (Å²) in [6, 6.07) is 7.90. The molecule has 1 aliphatic heterocycles. The molecule has 0 bridgehead atoms. The van der Waals surface area contributed by atoms with Gasteiger partial charge in [-0.2, -0.15) is 23.1 Å². The lowest BCUT2D eigenvalue weighted by Gasteiger charge is -2.25. The maximum Gasteiger partial charge on any atom is 0.433 e. The second-order valence-electron chi connectivity index (χ2n) is 5.82. The van der Waals surface area contributed by atoms with Gasteiger partial charge in [0.15, 0.2) is 5.65 Å². The summed E-state index contributed by atoms with van der Waals surface area (Å²) in [5.41, 5.74) is 0.607. The molecule has 5 nitrogen and oxygen atoms in total. The van der Waals surface area contributed by atoms with E-state index in [1.807, 2.05) is 23.1 Å². The molecule has 0 amide bonds. The molecule has 0 saturated carbocycles. The summed E-state index contributed by atoms with van der Waals surface area (Å²) in [6.07, 6.45) is -4.57. The van der Waals surface area contributed by atoms with Crippen molar-refractivity contribution in [3.05, 3.63) is 51.3 Å². The molecule has 0 N–H and O–H groups in total. The summed E-state index contributed by atoms with van der Waals surface area (Å²) in [4.78, 5) is 13.6. The van der Waals surface area contributed by atoms with Gasteiger partial charge in [-0.05, 0) is 35.9 Å². The minimum atomic E-state index is -4.57. The third kappa shape index (κ3) is 3.46. The largest absolute Gasteiger partial charge is 0.433 e. The minimum Gasteiger partial charge on any atom is -0.375 e. The molecule has 0 atom stereocenters. The van der Waals surface area contributed by atoms with E-state index in [-0.39, 0.29) is 10.9 Å². The van der Waals surface area contributed by atoms with Gasteiger partial charge in [-0.3, -0.25) is 0 Å². The Balaban J connectivity index is 1.93. The molecule has 0 fully saturated rings. The highest BCUT2D eigenvalue weighted by atomic mass is 79.9. The first-order valence-electron chi connectivity index (χ1n) is 7.89. The van der Waals surface area contributed by atoms with Crippen LogP contribution >= 0.6 is 27.5 Å². The van der Waals surface area contributed by atoms with Gasteiger partial charge in [0.25, 0.3) is 0 Å². The smallest absolute Gasteiger partial charge is 0.375 e. The predicted molar refractivity (Wildman–Crippen MR) is 98.1 cm³/mol. The monoisotopic (exact) mass is 458 g/mol. The number of pyridine rings is 1. The highest BCUT2D eigenvalue weighted by Crippen LogP contribution is 2.38. The molecule has 0 unspecified atom stereocenters. The molecular formula is C17H11BrClF3N4O. The summed E-state index contributed by atoms with van der Waals surface area (Å²) in [7, 11) is 0. The van der Waals surface area contributed by atoms with Gasteiger partial charge in [0.1, 0.15) is 11.5 Å². The molecule has 27 heavy (non-hydrogen) atoms. The second-order valence-corrected chi connectivity index (χ2v) is 7.02. The molecule has 3 aromatic rings. The van der Waals surface area contributed by atoms with E-state index in [4.69, 9.17) is 16.3 Å². The third-order valence-corrected chi connectivity index (χ3v) is 5.06. The number of hydrogen-bond donors (Lipinski definition) is 0. The summed E-state index contributed by atoms with van der Waals surface area (Å²) in [5, 5.41) is 0.200. The predicted octanol–water partition coefficient (Wildman–Crippen LogP) is 5.13. The molecule has 0 radical (unpaired) electrons. The van der Waals surface area contributed by atoms with Gasteiger partial charge in [-0.1, -0.05) is 22.0 Å². The third-order valence-electron chi connectivity index (χ3n) is 4.15. The van der Waals surface area contributed by atoms with E-state index in [1.54, 1.807) is 0 Å². The Kier molecular flexibility index (Phi) is 4.69. The van der Waals surface area contributed by atoms with Gasteiger partial charge < -0.3 is 9.64 Å². The lowest BCUT2D eigenvalue weighted by atomic mass is 10.1. The zero-order chi connectivity index (χ0) is 19.2. The van der Waals surface area contributed by atoms with E-state index < -0.39 is 11.9 Å². The van der Waals surface area contributed by atoms with Gasteiger partial charge in [-0.15, -0.1) is 0 Å². The Bertz CT molecular complexity index is 1030. The van der Waals surface area contributed by atoms with Crippen LogP contribution in [0.4, 0.5) is 24.7 Å². The molecule has 10 heteroatoms. The highest BCUT2D eigenvalue weighted by molar-refractivity contribution is 9.10. The number of fused-ring (bicyclic) bond motifs is 2. The van der Waals surface area contributed by atoms with Crippen LogP contribution in [0.5, 0.6) is 0 Å². The van der Waals surface area contributed by atoms with Crippen LogP contribution in [0.25, 0.3) is 11.0 Å². The van der Waals surface area contributed by atoms with Gasteiger partial charge in [0.05, 0.1) is 18.6 Å². The van der Waals surface area contributed by atoms with Crippen molar-refractivity contribution >= 4 is 50.1 Å². The molecule has 4 rings (SSSR count). The normalized spacial score (nSPS) is 14.9. The number of nitrogens with zero attached hydrogens (tertiary/aromatic N) is 4. The van der Waals surface area contributed by atoms with Crippen LogP contribution in [0.1, 0.15) is 11.3 Å². The van der Waals surface area contributed by atoms with Crippen molar-refractivity contribution in [1.29, 1.82) is 0 Å². The first kappa shape index (κ1) is 18.4. The van der Waals surface area contributed by atoms with Crippen LogP contribution in [-0.4, -0.2) is 28.1 Å². The van der Waals surface area contributed by atoms with Gasteiger partial charge >= 0.3 is 6.18 Å². The van der Waals surface area contributed by atoms with Crippen LogP contribution in [0, 0.1) is 0 Å². The van der Waals surface area contributed by atoms with E-state index in [9.17, 15) is 13.2 Å². The van der Waals surface area contributed by atoms with Crippen molar-refractivity contribution in [2.75, 3.05) is 18.1 Å². The van der Waals surface area contributed by atoms with Gasteiger partial charge in [0, 0.05) is 22.3 Å². The number of alkyl halides is 3. The molecule has 0 aliphatic carbocycles. The van der Waals surface area contributed by atoms with Crippen molar-refractivity contribution in [2.45, 2.75) is 12.8 Å². The molecule has 1 aromatic carbocycles. The molecule has 1 aliphatic rings. The zero-order valence-electron chi connectivity index (χ0n) is 13.6. The van der Waals surface area contributed by atoms with Crippen molar-refractivity contribution in [1.82, 2.24) is 15.0 Å². The molecule has 140 valence electrons. The quantitative estimate of drug-likeness (QED) is 0.472. The molecule has 0 saturated heterocycles. The van der Waals surface area contributed by atoms with Crippen LogP contribution in [0.15, 0.2) is 34.8 Å². The molecule has 3 heterocycles. The SMILES string of the molecule is FC(F)(F)c1ccc2c(N3CCOCc4c(Br)cccc43)nc(Cl)nc2n1. The van der Waals surface area contributed by atoms with Crippen molar-refractivity contribution in [2.24, 2.45) is 0 Å². The Morgan fingerprint density at radius 1 is 1.11 bits per heavy atom. The number of aromatic nitrogens is 3. The van der Waals surface area contributed by atoms with E-state index in [2.05, 4.69) is 30.9 Å². The van der Waals surface area contributed by atoms with E-state index in [1.165, 1.54) is 6.07 Å². The zero-order valence-corrected chi connectivity index (χ0v) is 15.9. The maximum atomic E-state index is 13.0. The van der Waals surface area contributed by atoms with E-state index in [0.717, 1.165) is 21.8 Å². The number of halogens is 5. The Morgan fingerprint density at radius 2 is 1.93 bits per heavy atom. The Morgan fingerprint density at radius 3 is 2.70 bits per heavy atom.